The summed E-state index contributed by atoms with van der Waals surface area (Å²) < 4.78 is 10.7. The molecule has 0 aliphatic rings. The number of carbonyl (C=O) groups excluding carboxylic acids is 2. The van der Waals surface area contributed by atoms with Crippen molar-refractivity contribution in [3.8, 4) is 5.75 Å². The number of halogens is 1. The number of hydrogen-bond acceptors (Lipinski definition) is 4. The summed E-state index contributed by atoms with van der Waals surface area (Å²) in [6, 6.07) is 4.85. The van der Waals surface area contributed by atoms with Gasteiger partial charge in [0.1, 0.15) is 5.75 Å². The van der Waals surface area contributed by atoms with Crippen molar-refractivity contribution in [2.45, 2.75) is 32.6 Å². The molecule has 0 bridgehead atoms. The third-order valence-corrected chi connectivity index (χ3v) is 3.69. The molecule has 0 aromatic heterocycles. The van der Waals surface area contributed by atoms with E-state index in [1.54, 1.807) is 25.3 Å². The van der Waals surface area contributed by atoms with Crippen LogP contribution in [0.5, 0.6) is 5.75 Å². The van der Waals surface area contributed by atoms with Crippen LogP contribution in [0.3, 0.4) is 0 Å². The predicted molar refractivity (Wildman–Crippen MR) is 88.1 cm³/mol. The summed E-state index contributed by atoms with van der Waals surface area (Å²) in [4.78, 5) is 23.4. The first-order valence-corrected chi connectivity index (χ1v) is 8.15. The third-order valence-electron chi connectivity index (χ3n) is 3.07. The van der Waals surface area contributed by atoms with Crippen LogP contribution in [0.4, 0.5) is 0 Å². The first kappa shape index (κ1) is 18.5. The lowest BCUT2D eigenvalue weighted by Crippen LogP contribution is -2.29. The highest BCUT2D eigenvalue weighted by Gasteiger charge is 2.12. The number of nitrogens with one attached hydrogen (secondary N) is 1. The fourth-order valence-corrected chi connectivity index (χ4v) is 2.38. The van der Waals surface area contributed by atoms with Gasteiger partial charge in [0, 0.05) is 6.54 Å². The summed E-state index contributed by atoms with van der Waals surface area (Å²) in [6.45, 7) is 2.48. The molecule has 6 heteroatoms. The van der Waals surface area contributed by atoms with E-state index >= 15 is 0 Å². The van der Waals surface area contributed by atoms with Gasteiger partial charge >= 0.3 is 5.97 Å². The molecule has 0 fully saturated rings. The highest BCUT2D eigenvalue weighted by molar-refractivity contribution is 9.10. The fraction of sp³-hybridized carbons (Fsp3) is 0.500. The Morgan fingerprint density at radius 2 is 2.00 bits per heavy atom. The van der Waals surface area contributed by atoms with Gasteiger partial charge in [0.2, 0.25) is 0 Å². The Bertz CT molecular complexity index is 505. The molecule has 0 spiro atoms. The Morgan fingerprint density at radius 3 is 2.64 bits per heavy atom. The van der Waals surface area contributed by atoms with Crippen LogP contribution in [-0.2, 0) is 9.53 Å². The first-order valence-electron chi connectivity index (χ1n) is 7.35. The molecule has 0 atom stereocenters. The molecule has 1 amide bonds. The summed E-state index contributed by atoms with van der Waals surface area (Å²) in [5.74, 6) is -0.191. The van der Waals surface area contributed by atoms with Crippen molar-refractivity contribution in [3.05, 3.63) is 28.2 Å². The molecule has 1 rings (SSSR count). The Kier molecular flexibility index (Phi) is 8.58. The average molecular weight is 372 g/mol. The van der Waals surface area contributed by atoms with Crippen LogP contribution < -0.4 is 10.1 Å². The normalized spacial score (nSPS) is 10.1. The van der Waals surface area contributed by atoms with Crippen LogP contribution in [-0.4, -0.2) is 32.1 Å². The van der Waals surface area contributed by atoms with Gasteiger partial charge in [-0.2, -0.15) is 0 Å². The zero-order valence-electron chi connectivity index (χ0n) is 13.0. The van der Waals surface area contributed by atoms with E-state index in [4.69, 9.17) is 9.47 Å². The van der Waals surface area contributed by atoms with Crippen LogP contribution >= 0.6 is 15.9 Å². The smallest absolute Gasteiger partial charge is 0.338 e. The molecule has 1 aromatic carbocycles. The molecule has 0 aliphatic heterocycles. The maximum absolute atomic E-state index is 11.9. The number of methoxy groups -OCH3 is 1. The van der Waals surface area contributed by atoms with Crippen molar-refractivity contribution in [1.29, 1.82) is 0 Å². The lowest BCUT2D eigenvalue weighted by Gasteiger charge is -2.08. The van der Waals surface area contributed by atoms with Crippen molar-refractivity contribution in [2.24, 2.45) is 0 Å². The van der Waals surface area contributed by atoms with Crippen LogP contribution in [0, 0.1) is 0 Å². The molecular formula is C16H22BrNO4. The quantitative estimate of drug-likeness (QED) is 0.534. The highest BCUT2D eigenvalue weighted by Crippen LogP contribution is 2.25. The molecule has 5 nitrogen and oxygen atoms in total. The van der Waals surface area contributed by atoms with Crippen LogP contribution in [0.1, 0.15) is 43.0 Å². The average Bonchev–Trinajstić information content (AvgIpc) is 2.52. The van der Waals surface area contributed by atoms with Crippen molar-refractivity contribution in [3.63, 3.8) is 0 Å². The molecule has 0 saturated heterocycles. The molecule has 1 N–H and O–H groups in total. The topological polar surface area (TPSA) is 64.6 Å². The summed E-state index contributed by atoms with van der Waals surface area (Å²) in [7, 11) is 1.54. The second-order valence-corrected chi connectivity index (χ2v) is 5.69. The number of carbonyl (C=O) groups is 2. The molecule has 22 heavy (non-hydrogen) atoms. The standard InChI is InChI=1S/C16H22BrNO4/c1-3-4-5-6-9-18-15(19)11-22-16(20)12-7-8-14(21-2)13(17)10-12/h7-8,10H,3-6,9,11H2,1-2H3,(H,18,19). The lowest BCUT2D eigenvalue weighted by molar-refractivity contribution is -0.124. The molecule has 0 radical (unpaired) electrons. The van der Waals surface area contributed by atoms with Gasteiger partial charge < -0.3 is 14.8 Å². The van der Waals surface area contributed by atoms with Crippen LogP contribution in [0.2, 0.25) is 0 Å². The number of benzene rings is 1. The summed E-state index contributed by atoms with van der Waals surface area (Å²) in [5.41, 5.74) is 0.364. The highest BCUT2D eigenvalue weighted by atomic mass is 79.9. The van der Waals surface area contributed by atoms with Gasteiger partial charge in [-0.3, -0.25) is 4.79 Å². The van der Waals surface area contributed by atoms with Crippen molar-refractivity contribution < 1.29 is 19.1 Å². The summed E-state index contributed by atoms with van der Waals surface area (Å²) in [5, 5.41) is 2.73. The minimum absolute atomic E-state index is 0.268. The molecule has 0 aliphatic carbocycles. The predicted octanol–water partition coefficient (Wildman–Crippen LogP) is 3.31. The van der Waals surface area contributed by atoms with Gasteiger partial charge in [0.05, 0.1) is 17.1 Å². The lowest BCUT2D eigenvalue weighted by atomic mass is 10.2. The van der Waals surface area contributed by atoms with Crippen molar-refractivity contribution >= 4 is 27.8 Å². The van der Waals surface area contributed by atoms with E-state index in [2.05, 4.69) is 28.2 Å². The van der Waals surface area contributed by atoms with E-state index in [-0.39, 0.29) is 12.5 Å². The molecular weight excluding hydrogens is 350 g/mol. The van der Waals surface area contributed by atoms with Gasteiger partial charge in [0.25, 0.3) is 5.91 Å². The van der Waals surface area contributed by atoms with Gasteiger partial charge in [-0.15, -0.1) is 0 Å². The number of esters is 1. The number of rotatable bonds is 9. The largest absolute Gasteiger partial charge is 0.496 e. The van der Waals surface area contributed by atoms with E-state index in [1.165, 1.54) is 0 Å². The van der Waals surface area contributed by atoms with Gasteiger partial charge in [-0.1, -0.05) is 26.2 Å². The second kappa shape index (κ2) is 10.2. The number of unbranched alkanes of at least 4 members (excludes halogenated alkanes) is 3. The van der Waals surface area contributed by atoms with Gasteiger partial charge in [-0.25, -0.2) is 4.79 Å². The molecule has 122 valence electrons. The Hall–Kier alpha value is -1.56. The zero-order chi connectivity index (χ0) is 16.4. The van der Waals surface area contributed by atoms with Crippen molar-refractivity contribution in [2.75, 3.05) is 20.3 Å². The van der Waals surface area contributed by atoms with E-state index in [1.807, 2.05) is 0 Å². The minimum Gasteiger partial charge on any atom is -0.496 e. The van der Waals surface area contributed by atoms with Crippen LogP contribution in [0.25, 0.3) is 0 Å². The van der Waals surface area contributed by atoms with E-state index in [9.17, 15) is 9.59 Å². The van der Waals surface area contributed by atoms with Gasteiger partial charge in [0.15, 0.2) is 6.61 Å². The van der Waals surface area contributed by atoms with Gasteiger partial charge in [-0.05, 0) is 40.5 Å². The Balaban J connectivity index is 2.33. The SMILES string of the molecule is CCCCCCNC(=O)COC(=O)c1ccc(OC)c(Br)c1. The molecule has 1 aromatic rings. The monoisotopic (exact) mass is 371 g/mol. The molecule has 0 saturated carbocycles. The van der Waals surface area contributed by atoms with E-state index in [0.29, 0.717) is 22.3 Å². The third kappa shape index (κ3) is 6.47. The van der Waals surface area contributed by atoms with Crippen molar-refractivity contribution in [1.82, 2.24) is 5.32 Å². The summed E-state index contributed by atoms with van der Waals surface area (Å²) in [6.07, 6.45) is 4.36. The second-order valence-electron chi connectivity index (χ2n) is 4.84. The van der Waals surface area contributed by atoms with E-state index in [0.717, 1.165) is 25.7 Å². The first-order chi connectivity index (χ1) is 10.6. The molecule has 0 heterocycles. The zero-order valence-corrected chi connectivity index (χ0v) is 14.6. The minimum atomic E-state index is -0.538. The maximum atomic E-state index is 11.9. The number of ether oxygens (including phenoxy) is 2. The number of hydrogen-bond donors (Lipinski definition) is 1. The fourth-order valence-electron chi connectivity index (χ4n) is 1.84. The molecule has 0 unspecified atom stereocenters. The van der Waals surface area contributed by atoms with Crippen LogP contribution in [0.15, 0.2) is 22.7 Å². The summed E-state index contributed by atoms with van der Waals surface area (Å²) >= 11 is 3.30. The van der Waals surface area contributed by atoms with E-state index < -0.39 is 5.97 Å². The Labute approximate surface area is 139 Å². The Morgan fingerprint density at radius 1 is 1.23 bits per heavy atom. The maximum Gasteiger partial charge on any atom is 0.338 e. The number of amides is 1.